The summed E-state index contributed by atoms with van der Waals surface area (Å²) < 4.78 is 5.46. The van der Waals surface area contributed by atoms with E-state index in [1.54, 1.807) is 6.07 Å². The first-order valence-corrected chi connectivity index (χ1v) is 5.41. The number of carbonyl (C=O) groups excluding carboxylic acids is 1. The van der Waals surface area contributed by atoms with Crippen molar-refractivity contribution < 1.29 is 9.21 Å². The van der Waals surface area contributed by atoms with Crippen LogP contribution in [0.15, 0.2) is 59.0 Å². The van der Waals surface area contributed by atoms with Crippen LogP contribution in [0.25, 0.3) is 22.1 Å². The lowest BCUT2D eigenvalue weighted by atomic mass is 10.0. The summed E-state index contributed by atoms with van der Waals surface area (Å²) in [5.74, 6) is 1.08. The molecule has 1 aromatic heterocycles. The van der Waals surface area contributed by atoms with Crippen LogP contribution in [0.3, 0.4) is 0 Å². The average molecular weight is 222 g/mol. The van der Waals surface area contributed by atoms with Crippen LogP contribution in [-0.4, -0.2) is 6.29 Å². The molecule has 82 valence electrons. The van der Waals surface area contributed by atoms with Gasteiger partial charge < -0.3 is 4.42 Å². The summed E-state index contributed by atoms with van der Waals surface area (Å²) in [4.78, 5) is 10.6. The van der Waals surface area contributed by atoms with Crippen molar-refractivity contribution in [1.29, 1.82) is 0 Å². The molecule has 2 aromatic carbocycles. The first-order chi connectivity index (χ1) is 8.38. The van der Waals surface area contributed by atoms with Gasteiger partial charge in [0.1, 0.15) is 5.76 Å². The first-order valence-electron chi connectivity index (χ1n) is 5.41. The van der Waals surface area contributed by atoms with Crippen LogP contribution in [0, 0.1) is 0 Å². The Bertz CT molecular complexity index is 675. The zero-order chi connectivity index (χ0) is 11.7. The van der Waals surface area contributed by atoms with Crippen molar-refractivity contribution in [1.82, 2.24) is 0 Å². The van der Waals surface area contributed by atoms with Crippen LogP contribution >= 0.6 is 0 Å². The van der Waals surface area contributed by atoms with Crippen molar-refractivity contribution in [3.8, 4) is 11.3 Å². The quantitative estimate of drug-likeness (QED) is 0.615. The van der Waals surface area contributed by atoms with Crippen molar-refractivity contribution in [3.63, 3.8) is 0 Å². The molecule has 2 heteroatoms. The van der Waals surface area contributed by atoms with E-state index in [-0.39, 0.29) is 0 Å². The fourth-order valence-electron chi connectivity index (χ4n) is 2.00. The maximum atomic E-state index is 10.6. The molecular weight excluding hydrogens is 212 g/mol. The third-order valence-electron chi connectivity index (χ3n) is 2.80. The van der Waals surface area contributed by atoms with Gasteiger partial charge in [0.2, 0.25) is 0 Å². The van der Waals surface area contributed by atoms with Crippen LogP contribution in [0.1, 0.15) is 10.6 Å². The number of furan rings is 1. The molecule has 0 bridgehead atoms. The Morgan fingerprint density at radius 3 is 2.53 bits per heavy atom. The van der Waals surface area contributed by atoms with E-state index in [2.05, 4.69) is 12.1 Å². The zero-order valence-electron chi connectivity index (χ0n) is 9.09. The highest BCUT2D eigenvalue weighted by atomic mass is 16.3. The molecule has 1 heterocycles. The summed E-state index contributed by atoms with van der Waals surface area (Å²) in [6, 6.07) is 17.7. The minimum atomic E-state index is 0.355. The molecule has 0 aliphatic carbocycles. The van der Waals surface area contributed by atoms with Crippen molar-refractivity contribution in [2.75, 3.05) is 0 Å². The highest BCUT2D eigenvalue weighted by molar-refractivity contribution is 5.95. The summed E-state index contributed by atoms with van der Waals surface area (Å²) in [6.45, 7) is 0. The summed E-state index contributed by atoms with van der Waals surface area (Å²) in [6.07, 6.45) is 0.717. The summed E-state index contributed by atoms with van der Waals surface area (Å²) in [5.41, 5.74) is 1.01. The van der Waals surface area contributed by atoms with E-state index in [1.165, 1.54) is 0 Å². The topological polar surface area (TPSA) is 30.2 Å². The molecule has 0 saturated carbocycles. The Kier molecular flexibility index (Phi) is 2.26. The molecule has 0 aliphatic heterocycles. The molecular formula is C15H10O2. The van der Waals surface area contributed by atoms with Gasteiger partial charge in [0.15, 0.2) is 12.0 Å². The lowest BCUT2D eigenvalue weighted by Gasteiger charge is -2.03. The number of aldehydes is 1. The van der Waals surface area contributed by atoms with E-state index < -0.39 is 0 Å². The van der Waals surface area contributed by atoms with E-state index in [0.29, 0.717) is 12.0 Å². The number of hydrogen-bond acceptors (Lipinski definition) is 2. The first kappa shape index (κ1) is 9.85. The molecule has 0 radical (unpaired) electrons. The SMILES string of the molecule is O=Cc1ccc(-c2cccc3ccccc23)o1. The van der Waals surface area contributed by atoms with E-state index in [9.17, 15) is 4.79 Å². The van der Waals surface area contributed by atoms with Gasteiger partial charge in [-0.25, -0.2) is 0 Å². The van der Waals surface area contributed by atoms with Crippen LogP contribution < -0.4 is 0 Å². The standard InChI is InChI=1S/C15H10O2/c16-10-12-8-9-15(17-12)14-7-3-5-11-4-1-2-6-13(11)14/h1-10H. The molecule has 0 fully saturated rings. The van der Waals surface area contributed by atoms with E-state index in [0.717, 1.165) is 22.1 Å². The molecule has 17 heavy (non-hydrogen) atoms. The summed E-state index contributed by atoms with van der Waals surface area (Å²) in [5, 5.41) is 2.29. The fourth-order valence-corrected chi connectivity index (χ4v) is 2.00. The fraction of sp³-hybridized carbons (Fsp3) is 0. The molecule has 0 N–H and O–H groups in total. The maximum absolute atomic E-state index is 10.6. The highest BCUT2D eigenvalue weighted by Crippen LogP contribution is 2.29. The van der Waals surface area contributed by atoms with Crippen molar-refractivity contribution in [2.45, 2.75) is 0 Å². The Morgan fingerprint density at radius 2 is 1.71 bits per heavy atom. The molecule has 3 rings (SSSR count). The second kappa shape index (κ2) is 3.91. The third kappa shape index (κ3) is 1.64. The molecule has 0 atom stereocenters. The smallest absolute Gasteiger partial charge is 0.185 e. The normalized spacial score (nSPS) is 10.6. The van der Waals surface area contributed by atoms with Crippen LogP contribution in [-0.2, 0) is 0 Å². The van der Waals surface area contributed by atoms with Crippen molar-refractivity contribution >= 4 is 17.1 Å². The van der Waals surface area contributed by atoms with Gasteiger partial charge in [-0.1, -0.05) is 42.5 Å². The second-order valence-electron chi connectivity index (χ2n) is 3.85. The lowest BCUT2D eigenvalue weighted by Crippen LogP contribution is -1.78. The molecule has 0 amide bonds. The van der Waals surface area contributed by atoms with Gasteiger partial charge in [-0.05, 0) is 22.9 Å². The monoisotopic (exact) mass is 222 g/mol. The number of rotatable bonds is 2. The van der Waals surface area contributed by atoms with Gasteiger partial charge in [0.05, 0.1) is 0 Å². The predicted octanol–water partition coefficient (Wildman–Crippen LogP) is 3.91. The maximum Gasteiger partial charge on any atom is 0.185 e. The van der Waals surface area contributed by atoms with Crippen molar-refractivity contribution in [3.05, 3.63) is 60.4 Å². The van der Waals surface area contributed by atoms with Gasteiger partial charge in [-0.2, -0.15) is 0 Å². The number of hydrogen-bond donors (Lipinski definition) is 0. The zero-order valence-corrected chi connectivity index (χ0v) is 9.09. The van der Waals surface area contributed by atoms with Crippen LogP contribution in [0.5, 0.6) is 0 Å². The molecule has 2 nitrogen and oxygen atoms in total. The predicted molar refractivity (Wildman–Crippen MR) is 67.0 cm³/mol. The second-order valence-corrected chi connectivity index (χ2v) is 3.85. The van der Waals surface area contributed by atoms with Gasteiger partial charge in [-0.15, -0.1) is 0 Å². The number of benzene rings is 2. The van der Waals surface area contributed by atoms with Crippen molar-refractivity contribution in [2.24, 2.45) is 0 Å². The van der Waals surface area contributed by atoms with Gasteiger partial charge >= 0.3 is 0 Å². The minimum Gasteiger partial charge on any atom is -0.453 e. The molecule has 0 spiro atoms. The molecule has 0 aliphatic rings. The summed E-state index contributed by atoms with van der Waals surface area (Å²) >= 11 is 0. The van der Waals surface area contributed by atoms with E-state index >= 15 is 0 Å². The third-order valence-corrected chi connectivity index (χ3v) is 2.80. The van der Waals surface area contributed by atoms with Crippen LogP contribution in [0.4, 0.5) is 0 Å². The lowest BCUT2D eigenvalue weighted by molar-refractivity contribution is 0.110. The average Bonchev–Trinajstić information content (AvgIpc) is 2.87. The highest BCUT2D eigenvalue weighted by Gasteiger charge is 2.07. The Hall–Kier alpha value is -2.35. The van der Waals surface area contributed by atoms with Gasteiger partial charge in [-0.3, -0.25) is 4.79 Å². The van der Waals surface area contributed by atoms with Crippen LogP contribution in [0.2, 0.25) is 0 Å². The number of carbonyl (C=O) groups is 1. The number of fused-ring (bicyclic) bond motifs is 1. The molecule has 3 aromatic rings. The molecule has 0 saturated heterocycles. The van der Waals surface area contributed by atoms with Gasteiger partial charge in [0.25, 0.3) is 0 Å². The van der Waals surface area contributed by atoms with E-state index in [4.69, 9.17) is 4.42 Å². The Labute approximate surface area is 98.5 Å². The van der Waals surface area contributed by atoms with Gasteiger partial charge in [0, 0.05) is 5.56 Å². The molecule has 0 unspecified atom stereocenters. The largest absolute Gasteiger partial charge is 0.453 e. The Balaban J connectivity index is 2.26. The van der Waals surface area contributed by atoms with E-state index in [1.807, 2.05) is 36.4 Å². The Morgan fingerprint density at radius 1 is 0.882 bits per heavy atom. The summed E-state index contributed by atoms with van der Waals surface area (Å²) in [7, 11) is 0. The minimum absolute atomic E-state index is 0.355.